The van der Waals surface area contributed by atoms with Crippen molar-refractivity contribution in [3.05, 3.63) is 0 Å². The van der Waals surface area contributed by atoms with Crippen LogP contribution in [0.4, 0.5) is 0 Å². The average Bonchev–Trinajstić information content (AvgIpc) is 3.86. The van der Waals surface area contributed by atoms with Gasteiger partial charge in [0.15, 0.2) is 5.96 Å². The van der Waals surface area contributed by atoms with Crippen molar-refractivity contribution in [1.82, 2.24) is 30.7 Å². The summed E-state index contributed by atoms with van der Waals surface area (Å²) in [4.78, 5) is 99.4. The van der Waals surface area contributed by atoms with E-state index in [1.54, 1.807) is 4.90 Å². The zero-order valence-electron chi connectivity index (χ0n) is 27.1. The van der Waals surface area contributed by atoms with Crippen LogP contribution in [0, 0.1) is 0 Å². The number of nitrogens with one attached hydrogen (secondary N) is 3. The number of aliphatic imine (C=N–C) groups is 1. The van der Waals surface area contributed by atoms with E-state index < -0.39 is 66.2 Å². The van der Waals surface area contributed by atoms with Crippen LogP contribution < -0.4 is 33.2 Å². The van der Waals surface area contributed by atoms with E-state index in [9.17, 15) is 38.7 Å². The second-order valence-electron chi connectivity index (χ2n) is 12.8. The number of hydrogen-bond acceptors (Lipinski definition) is 9. The van der Waals surface area contributed by atoms with E-state index in [-0.39, 0.29) is 56.2 Å². The second-order valence-corrected chi connectivity index (χ2v) is 12.8. The van der Waals surface area contributed by atoms with Crippen molar-refractivity contribution in [3.63, 3.8) is 0 Å². The fraction of sp³-hybridized carbons (Fsp3) is 0.733. The van der Waals surface area contributed by atoms with Gasteiger partial charge in [0.2, 0.25) is 35.4 Å². The molecule has 48 heavy (non-hydrogen) atoms. The summed E-state index contributed by atoms with van der Waals surface area (Å²) in [6.45, 7) is 1.79. The molecule has 0 aliphatic carbocycles. The van der Waals surface area contributed by atoms with Crippen LogP contribution in [0.15, 0.2) is 4.99 Å². The smallest absolute Gasteiger partial charge is 0.326 e. The highest BCUT2D eigenvalue weighted by Gasteiger charge is 2.44. The van der Waals surface area contributed by atoms with Crippen LogP contribution in [0.1, 0.15) is 70.6 Å². The third kappa shape index (κ3) is 8.90. The molecule has 4 rings (SSSR count). The number of guanidine groups is 1. The Morgan fingerprint density at radius 3 is 2.00 bits per heavy atom. The maximum Gasteiger partial charge on any atom is 0.326 e. The van der Waals surface area contributed by atoms with Gasteiger partial charge in [0, 0.05) is 26.2 Å². The molecule has 266 valence electrons. The minimum Gasteiger partial charge on any atom is -0.480 e. The zero-order valence-corrected chi connectivity index (χ0v) is 27.1. The summed E-state index contributed by atoms with van der Waals surface area (Å²) in [6.07, 6.45) is 4.02. The summed E-state index contributed by atoms with van der Waals surface area (Å²) in [5, 5.41) is 18.0. The van der Waals surface area contributed by atoms with Gasteiger partial charge in [-0.25, -0.2) is 4.79 Å². The second kappa shape index (κ2) is 16.6. The molecule has 0 aromatic heterocycles. The van der Waals surface area contributed by atoms with Crippen LogP contribution in [0.25, 0.3) is 0 Å². The highest BCUT2D eigenvalue weighted by Crippen LogP contribution is 2.27. The molecule has 0 saturated carbocycles. The first-order valence-corrected chi connectivity index (χ1v) is 16.7. The molecule has 0 aromatic carbocycles. The fourth-order valence-corrected chi connectivity index (χ4v) is 7.08. The maximum atomic E-state index is 13.8. The van der Waals surface area contributed by atoms with Gasteiger partial charge < -0.3 is 53.0 Å². The molecule has 0 spiro atoms. The molecule has 18 nitrogen and oxygen atoms in total. The van der Waals surface area contributed by atoms with E-state index in [1.165, 1.54) is 4.90 Å². The number of hydrogen-bond donors (Lipinski definition) is 7. The van der Waals surface area contributed by atoms with E-state index in [1.807, 2.05) is 0 Å². The molecule has 4 aliphatic rings. The number of carboxylic acids is 1. The van der Waals surface area contributed by atoms with Gasteiger partial charge in [0.05, 0.1) is 12.5 Å². The number of carbonyl (C=O) groups is 7. The van der Waals surface area contributed by atoms with Gasteiger partial charge in [-0.15, -0.1) is 0 Å². The summed E-state index contributed by atoms with van der Waals surface area (Å²) >= 11 is 0. The lowest BCUT2D eigenvalue weighted by Gasteiger charge is -2.33. The molecule has 4 heterocycles. The molecule has 0 unspecified atom stereocenters. The Morgan fingerprint density at radius 1 is 0.771 bits per heavy atom. The first-order valence-electron chi connectivity index (χ1n) is 16.7. The van der Waals surface area contributed by atoms with Crippen molar-refractivity contribution in [2.24, 2.45) is 22.2 Å². The van der Waals surface area contributed by atoms with Crippen molar-refractivity contribution < 1.29 is 38.7 Å². The molecule has 0 aromatic rings. The Morgan fingerprint density at radius 2 is 1.40 bits per heavy atom. The number of carboxylic acid groups (broad SMARTS) is 1. The van der Waals surface area contributed by atoms with Gasteiger partial charge in [-0.3, -0.25) is 33.8 Å². The number of aliphatic carboxylic acids is 1. The number of likely N-dealkylation sites (tertiary alicyclic amines) is 3. The Hall–Kier alpha value is -4.48. The summed E-state index contributed by atoms with van der Waals surface area (Å²) in [7, 11) is 0. The van der Waals surface area contributed by atoms with Crippen molar-refractivity contribution in [3.8, 4) is 0 Å². The SMILES string of the molecule is NC(=O)C[C@H](NC(=O)[C@H](CCCN=C(N)N)NC(=O)[C@@H]1CCCN1C(=O)[C@@H]1CCCN1C(=O)[C@@H]1CCCN1)C(=O)N1CCC[C@H]1C(=O)O. The maximum absolute atomic E-state index is 13.8. The van der Waals surface area contributed by atoms with Crippen LogP contribution in [0.3, 0.4) is 0 Å². The number of rotatable bonds is 14. The highest BCUT2D eigenvalue weighted by atomic mass is 16.4. The first kappa shape index (κ1) is 36.4. The monoisotopic (exact) mass is 676 g/mol. The Balaban J connectivity index is 1.47. The molecule has 6 atom stereocenters. The Kier molecular flexibility index (Phi) is 12.5. The fourth-order valence-electron chi connectivity index (χ4n) is 7.08. The lowest BCUT2D eigenvalue weighted by molar-refractivity contribution is -0.150. The standard InChI is InChI=1S/C30H48N10O8/c31-23(41)16-19(27(45)40-15-5-10-22(40)29(47)48)37-24(42)17(6-1-12-35-30(32)33)36-25(43)20-8-3-13-38(20)28(46)21-9-4-14-39(21)26(44)18-7-2-11-34-18/h17-22,34H,1-16H2,(H2,31,41)(H,36,43)(H,37,42)(H,47,48)(H4,32,33,35)/t17-,18-,19-,20-,21-,22-/m0/s1. The summed E-state index contributed by atoms with van der Waals surface area (Å²) < 4.78 is 0. The lowest BCUT2D eigenvalue weighted by atomic mass is 10.1. The molecule has 0 radical (unpaired) electrons. The third-order valence-electron chi connectivity index (χ3n) is 9.44. The van der Waals surface area contributed by atoms with Crippen molar-refractivity contribution in [2.75, 3.05) is 32.7 Å². The van der Waals surface area contributed by atoms with Gasteiger partial charge in [0.1, 0.15) is 30.2 Å². The number of primary amides is 1. The summed E-state index contributed by atoms with van der Waals surface area (Å²) in [5.74, 6) is -4.82. The van der Waals surface area contributed by atoms with Gasteiger partial charge in [-0.1, -0.05) is 0 Å². The Bertz CT molecular complexity index is 1280. The predicted octanol–water partition coefficient (Wildman–Crippen LogP) is -3.31. The minimum absolute atomic E-state index is 0.0350. The summed E-state index contributed by atoms with van der Waals surface area (Å²) in [5.41, 5.74) is 16.2. The predicted molar refractivity (Wildman–Crippen MR) is 170 cm³/mol. The van der Waals surface area contributed by atoms with Gasteiger partial charge >= 0.3 is 5.97 Å². The van der Waals surface area contributed by atoms with Crippen LogP contribution in [0.2, 0.25) is 0 Å². The zero-order chi connectivity index (χ0) is 35.0. The van der Waals surface area contributed by atoms with Crippen molar-refractivity contribution in [1.29, 1.82) is 0 Å². The van der Waals surface area contributed by atoms with Gasteiger partial charge in [-0.2, -0.15) is 0 Å². The van der Waals surface area contributed by atoms with Crippen molar-refractivity contribution >= 4 is 47.4 Å². The van der Waals surface area contributed by atoms with E-state index in [0.29, 0.717) is 51.6 Å². The molecule has 18 heteroatoms. The van der Waals surface area contributed by atoms with Gasteiger partial charge in [-0.05, 0) is 70.8 Å². The average molecular weight is 677 g/mol. The lowest BCUT2D eigenvalue weighted by Crippen LogP contribution is -2.59. The molecule has 4 aliphatic heterocycles. The van der Waals surface area contributed by atoms with E-state index >= 15 is 0 Å². The highest BCUT2D eigenvalue weighted by molar-refractivity contribution is 5.98. The van der Waals surface area contributed by atoms with Crippen LogP contribution in [-0.4, -0.2) is 136 Å². The number of nitrogens with zero attached hydrogens (tertiary/aromatic N) is 4. The largest absolute Gasteiger partial charge is 0.480 e. The van der Waals surface area contributed by atoms with E-state index in [4.69, 9.17) is 17.2 Å². The Labute approximate surface area is 278 Å². The van der Waals surface area contributed by atoms with E-state index in [0.717, 1.165) is 17.9 Å². The van der Waals surface area contributed by atoms with Crippen LogP contribution in [0.5, 0.6) is 0 Å². The molecule has 4 saturated heterocycles. The van der Waals surface area contributed by atoms with Gasteiger partial charge in [0.25, 0.3) is 0 Å². The third-order valence-corrected chi connectivity index (χ3v) is 9.44. The molecule has 10 N–H and O–H groups in total. The quantitative estimate of drug-likeness (QED) is 0.0544. The molecule has 0 bridgehead atoms. The minimum atomic E-state index is -1.46. The molecule has 4 fully saturated rings. The number of nitrogens with two attached hydrogens (primary N) is 3. The molecule has 6 amide bonds. The van der Waals surface area contributed by atoms with Crippen molar-refractivity contribution in [2.45, 2.75) is 107 Å². The van der Waals surface area contributed by atoms with E-state index in [2.05, 4.69) is 20.9 Å². The number of carbonyl (C=O) groups excluding carboxylic acids is 6. The van der Waals surface area contributed by atoms with Crippen LogP contribution >= 0.6 is 0 Å². The summed E-state index contributed by atoms with van der Waals surface area (Å²) in [6, 6.07) is -5.67. The number of amides is 6. The molecular formula is C30H48N10O8. The van der Waals surface area contributed by atoms with Crippen LogP contribution in [-0.2, 0) is 33.6 Å². The normalized spacial score (nSPS) is 25.0. The molecular weight excluding hydrogens is 628 g/mol. The topological polar surface area (TPSA) is 276 Å². The first-order chi connectivity index (χ1) is 22.9.